The van der Waals surface area contributed by atoms with Gasteiger partial charge in [-0.1, -0.05) is 91.0 Å². The lowest BCUT2D eigenvalue weighted by Crippen LogP contribution is -2.09. The van der Waals surface area contributed by atoms with Gasteiger partial charge in [0.15, 0.2) is 0 Å². The Balaban J connectivity index is 1.16. The summed E-state index contributed by atoms with van der Waals surface area (Å²) in [6.07, 6.45) is 0. The lowest BCUT2D eigenvalue weighted by molar-refractivity contribution is 0.673. The number of hydrogen-bond donors (Lipinski definition) is 0. The maximum absolute atomic E-state index is 6.60. The molecule has 11 aromatic rings. The number of thiophene rings is 2. The van der Waals surface area contributed by atoms with Crippen LogP contribution in [-0.2, 0) is 0 Å². The van der Waals surface area contributed by atoms with E-state index in [0.717, 1.165) is 33.6 Å². The van der Waals surface area contributed by atoms with Crippen molar-refractivity contribution >= 4 is 124 Å². The number of hydrogen-bond acceptors (Lipinski definition) is 4. The van der Waals surface area contributed by atoms with Crippen molar-refractivity contribution in [3.63, 3.8) is 0 Å². The van der Waals surface area contributed by atoms with Gasteiger partial charge in [-0.15, -0.1) is 22.7 Å². The summed E-state index contributed by atoms with van der Waals surface area (Å²) in [6, 6.07) is 55.1. The third-order valence-electron chi connectivity index (χ3n) is 9.82. The van der Waals surface area contributed by atoms with Crippen molar-refractivity contribution in [2.24, 2.45) is 0 Å². The van der Waals surface area contributed by atoms with Gasteiger partial charge in [0.05, 0.1) is 0 Å². The molecule has 0 aliphatic rings. The van der Waals surface area contributed by atoms with Crippen molar-refractivity contribution in [3.05, 3.63) is 152 Å². The van der Waals surface area contributed by atoms with Crippen LogP contribution in [0.25, 0.3) is 83.8 Å². The average molecular weight is 648 g/mol. The highest BCUT2D eigenvalue weighted by atomic mass is 32.1. The molecule has 48 heavy (non-hydrogen) atoms. The van der Waals surface area contributed by atoms with Crippen LogP contribution >= 0.6 is 22.7 Å². The predicted molar refractivity (Wildman–Crippen MR) is 209 cm³/mol. The van der Waals surface area contributed by atoms with E-state index in [9.17, 15) is 0 Å². The van der Waals surface area contributed by atoms with Crippen molar-refractivity contribution in [1.82, 2.24) is 0 Å². The fraction of sp³-hybridized carbons (Fsp3) is 0. The smallest absolute Gasteiger partial charge is 0.143 e. The molecule has 0 amide bonds. The number of para-hydroxylation sites is 1. The number of nitrogens with zero attached hydrogens (tertiary/aromatic N) is 1. The second-order valence-corrected chi connectivity index (χ2v) is 14.6. The van der Waals surface area contributed by atoms with E-state index < -0.39 is 0 Å². The van der Waals surface area contributed by atoms with Crippen molar-refractivity contribution in [1.29, 1.82) is 0 Å². The van der Waals surface area contributed by atoms with Crippen LogP contribution in [0.1, 0.15) is 0 Å². The Labute approximate surface area is 283 Å². The maximum Gasteiger partial charge on any atom is 0.143 e. The van der Waals surface area contributed by atoms with E-state index >= 15 is 0 Å². The normalized spacial score (nSPS) is 12.2. The molecule has 0 radical (unpaired) electrons. The first-order chi connectivity index (χ1) is 23.8. The molecule has 0 fully saturated rings. The van der Waals surface area contributed by atoms with Gasteiger partial charge < -0.3 is 9.32 Å². The van der Waals surface area contributed by atoms with E-state index in [-0.39, 0.29) is 0 Å². The molecule has 0 saturated carbocycles. The second kappa shape index (κ2) is 9.91. The molecule has 3 aromatic heterocycles. The number of rotatable bonds is 3. The predicted octanol–water partition coefficient (Wildman–Crippen LogP) is 14.1. The number of anilines is 3. The molecule has 3 heterocycles. The largest absolute Gasteiger partial charge is 0.455 e. The van der Waals surface area contributed by atoms with E-state index in [2.05, 4.69) is 157 Å². The second-order valence-electron chi connectivity index (χ2n) is 12.5. The van der Waals surface area contributed by atoms with E-state index in [1.807, 2.05) is 22.7 Å². The topological polar surface area (TPSA) is 16.4 Å². The first-order valence-corrected chi connectivity index (χ1v) is 17.8. The fourth-order valence-electron chi connectivity index (χ4n) is 7.65. The van der Waals surface area contributed by atoms with Gasteiger partial charge in [0.1, 0.15) is 11.2 Å². The fourth-order valence-corrected chi connectivity index (χ4v) is 10.0. The molecule has 8 aromatic carbocycles. The Kier molecular flexibility index (Phi) is 5.45. The quantitative estimate of drug-likeness (QED) is 0.190. The van der Waals surface area contributed by atoms with Crippen LogP contribution in [0, 0.1) is 0 Å². The molecule has 0 aliphatic carbocycles. The van der Waals surface area contributed by atoms with Gasteiger partial charge in [0.25, 0.3) is 0 Å². The first kappa shape index (κ1) is 26.4. The van der Waals surface area contributed by atoms with Crippen LogP contribution in [0.15, 0.2) is 156 Å². The van der Waals surface area contributed by atoms with Gasteiger partial charge in [-0.3, -0.25) is 0 Å². The number of benzene rings is 8. The molecule has 11 rings (SSSR count). The summed E-state index contributed by atoms with van der Waals surface area (Å²) in [4.78, 5) is 2.39. The first-order valence-electron chi connectivity index (χ1n) is 16.2. The van der Waals surface area contributed by atoms with Gasteiger partial charge in [-0.05, 0) is 76.8 Å². The average Bonchev–Trinajstić information content (AvgIpc) is 3.83. The third-order valence-corrected chi connectivity index (χ3v) is 12.2. The van der Waals surface area contributed by atoms with Crippen molar-refractivity contribution in [2.45, 2.75) is 0 Å². The highest BCUT2D eigenvalue weighted by molar-refractivity contribution is 7.27. The highest BCUT2D eigenvalue weighted by Gasteiger charge is 2.20. The molecule has 0 saturated heterocycles. The Morgan fingerprint density at radius 1 is 0.396 bits per heavy atom. The Morgan fingerprint density at radius 3 is 1.96 bits per heavy atom. The van der Waals surface area contributed by atoms with Crippen LogP contribution in [-0.4, -0.2) is 0 Å². The van der Waals surface area contributed by atoms with E-state index in [1.54, 1.807) is 0 Å². The van der Waals surface area contributed by atoms with Gasteiger partial charge in [-0.25, -0.2) is 0 Å². The number of fused-ring (bicyclic) bond motifs is 14. The van der Waals surface area contributed by atoms with Crippen LogP contribution in [0.3, 0.4) is 0 Å². The van der Waals surface area contributed by atoms with Crippen molar-refractivity contribution in [2.75, 3.05) is 4.90 Å². The highest BCUT2D eigenvalue weighted by Crippen LogP contribution is 2.47. The zero-order chi connectivity index (χ0) is 31.3. The molecule has 0 spiro atoms. The molecular formula is C44H25NOS2. The van der Waals surface area contributed by atoms with E-state index in [1.165, 1.54) is 67.3 Å². The minimum Gasteiger partial charge on any atom is -0.455 e. The Hall–Kier alpha value is -5.68. The van der Waals surface area contributed by atoms with Gasteiger partial charge in [-0.2, -0.15) is 0 Å². The maximum atomic E-state index is 6.60. The SMILES string of the molecule is c1ccc(N(c2ccc3c(c2)sc2c4ccccc4ccc32)c2ccc3sc4ccc5oc6c7ccccc7ccc6c5c4c3c2)cc1. The van der Waals surface area contributed by atoms with Crippen LogP contribution in [0.5, 0.6) is 0 Å². The summed E-state index contributed by atoms with van der Waals surface area (Å²) in [5.74, 6) is 0. The van der Waals surface area contributed by atoms with Gasteiger partial charge >= 0.3 is 0 Å². The van der Waals surface area contributed by atoms with Crippen LogP contribution < -0.4 is 4.90 Å². The lowest BCUT2D eigenvalue weighted by atomic mass is 10.0. The summed E-state index contributed by atoms with van der Waals surface area (Å²) in [5, 5.41) is 12.5. The molecule has 224 valence electrons. The zero-order valence-electron chi connectivity index (χ0n) is 25.6. The summed E-state index contributed by atoms with van der Waals surface area (Å²) >= 11 is 3.74. The van der Waals surface area contributed by atoms with Crippen molar-refractivity contribution in [3.8, 4) is 0 Å². The molecule has 0 atom stereocenters. The Bertz CT molecular complexity index is 3070. The van der Waals surface area contributed by atoms with Gasteiger partial charge in [0.2, 0.25) is 0 Å². The lowest BCUT2D eigenvalue weighted by Gasteiger charge is -2.25. The van der Waals surface area contributed by atoms with E-state index in [0.29, 0.717) is 0 Å². The third kappa shape index (κ3) is 3.73. The van der Waals surface area contributed by atoms with Crippen molar-refractivity contribution < 1.29 is 4.42 Å². The van der Waals surface area contributed by atoms with Crippen LogP contribution in [0.2, 0.25) is 0 Å². The minimum absolute atomic E-state index is 0.932. The molecule has 4 heteroatoms. The standard InChI is InChI=1S/C44H25NOS2/c1-2-10-28(11-3-1)45(30-16-20-33-34-18-14-27-9-5-7-13-32(27)44(34)48-40(33)25-30)29-17-22-38-36(24-29)42-39(47-38)23-21-37-41(42)35-19-15-26-8-4-6-12-31(26)43(35)46-37/h1-25H. The van der Waals surface area contributed by atoms with Gasteiger partial charge in [0, 0.05) is 73.6 Å². The summed E-state index contributed by atoms with van der Waals surface area (Å²) in [7, 11) is 0. The molecular weight excluding hydrogens is 623 g/mol. The number of furan rings is 1. The summed E-state index contributed by atoms with van der Waals surface area (Å²) < 4.78 is 11.8. The Morgan fingerprint density at radius 2 is 1.08 bits per heavy atom. The summed E-state index contributed by atoms with van der Waals surface area (Å²) in [5.41, 5.74) is 5.30. The summed E-state index contributed by atoms with van der Waals surface area (Å²) in [6.45, 7) is 0. The monoisotopic (exact) mass is 647 g/mol. The zero-order valence-corrected chi connectivity index (χ0v) is 27.2. The van der Waals surface area contributed by atoms with Crippen LogP contribution in [0.4, 0.5) is 17.1 Å². The molecule has 0 bridgehead atoms. The molecule has 0 aliphatic heterocycles. The minimum atomic E-state index is 0.932. The molecule has 0 N–H and O–H groups in total. The van der Waals surface area contributed by atoms with E-state index in [4.69, 9.17) is 4.42 Å². The molecule has 2 nitrogen and oxygen atoms in total. The molecule has 0 unspecified atom stereocenters.